The first-order valence-electron chi connectivity index (χ1n) is 13.3. The van der Waals surface area contributed by atoms with Crippen molar-refractivity contribution < 1.29 is 32.8 Å². The second-order valence-electron chi connectivity index (χ2n) is 9.08. The van der Waals surface area contributed by atoms with E-state index in [1.807, 2.05) is 20.8 Å². The maximum atomic E-state index is 14.5. The average Bonchev–Trinajstić information content (AvgIpc) is 2.88. The van der Waals surface area contributed by atoms with E-state index in [4.69, 9.17) is 18.5 Å². The normalized spacial score (nSPS) is 16.0. The number of carbonyl (C=O) groups is 1. The number of hydrogen-bond acceptors (Lipinski definition) is 9. The Bertz CT molecular complexity index is 1050. The van der Waals surface area contributed by atoms with Crippen LogP contribution in [0.4, 0.5) is 5.69 Å². The van der Waals surface area contributed by atoms with E-state index in [-0.39, 0.29) is 43.0 Å². The lowest BCUT2D eigenvalue weighted by molar-refractivity contribution is -0.384. The molecule has 1 unspecified atom stereocenters. The second kappa shape index (κ2) is 15.8. The van der Waals surface area contributed by atoms with Crippen molar-refractivity contribution in [1.29, 1.82) is 0 Å². The molecule has 1 heterocycles. The van der Waals surface area contributed by atoms with Gasteiger partial charge in [0.05, 0.1) is 41.5 Å². The zero-order valence-electron chi connectivity index (χ0n) is 23.1. The van der Waals surface area contributed by atoms with Gasteiger partial charge in [-0.25, -0.2) is 4.79 Å². The van der Waals surface area contributed by atoms with E-state index < -0.39 is 24.4 Å². The number of nitro benzene ring substituents is 1. The van der Waals surface area contributed by atoms with E-state index in [1.54, 1.807) is 26.0 Å². The van der Waals surface area contributed by atoms with E-state index in [0.29, 0.717) is 36.4 Å². The SMILES string of the molecule is CCCCOP(=O)(OCCCC)C1=C(C)NC(C)=C(C(=O)OCCOCCC)C1c1cccc([N+](=O)[O-])c1. The van der Waals surface area contributed by atoms with Crippen LogP contribution in [-0.4, -0.2) is 43.9 Å². The zero-order valence-corrected chi connectivity index (χ0v) is 24.0. The van der Waals surface area contributed by atoms with Gasteiger partial charge in [0, 0.05) is 30.1 Å². The maximum absolute atomic E-state index is 14.5. The lowest BCUT2D eigenvalue weighted by Gasteiger charge is -2.34. The number of ether oxygens (including phenoxy) is 2. The van der Waals surface area contributed by atoms with Crippen molar-refractivity contribution in [2.24, 2.45) is 0 Å². The molecule has 0 bridgehead atoms. The molecule has 2 rings (SSSR count). The van der Waals surface area contributed by atoms with E-state index in [9.17, 15) is 19.5 Å². The molecule has 1 atom stereocenters. The smallest absolute Gasteiger partial charge is 0.360 e. The first-order valence-corrected chi connectivity index (χ1v) is 14.8. The van der Waals surface area contributed by atoms with Crippen molar-refractivity contribution >= 4 is 19.3 Å². The number of dihydropyridines is 1. The number of nitro groups is 1. The van der Waals surface area contributed by atoms with Crippen molar-refractivity contribution in [3.05, 3.63) is 62.2 Å². The Kier molecular flexibility index (Phi) is 13.2. The molecule has 0 saturated carbocycles. The fraction of sp³-hybridized carbons (Fsp3) is 0.593. The van der Waals surface area contributed by atoms with Gasteiger partial charge in [-0.15, -0.1) is 0 Å². The Labute approximate surface area is 225 Å². The summed E-state index contributed by atoms with van der Waals surface area (Å²) in [6.07, 6.45) is 3.84. The van der Waals surface area contributed by atoms with Gasteiger partial charge in [-0.1, -0.05) is 45.7 Å². The Morgan fingerprint density at radius 2 is 1.63 bits per heavy atom. The Morgan fingerprint density at radius 3 is 2.21 bits per heavy atom. The largest absolute Gasteiger partial charge is 0.460 e. The number of esters is 1. The number of allylic oxidation sites excluding steroid dienone is 3. The summed E-state index contributed by atoms with van der Waals surface area (Å²) in [6.45, 7) is 10.7. The third kappa shape index (κ3) is 8.50. The number of nitrogens with zero attached hydrogens (tertiary/aromatic N) is 1. The van der Waals surface area contributed by atoms with Gasteiger partial charge in [-0.3, -0.25) is 14.7 Å². The fourth-order valence-corrected chi connectivity index (χ4v) is 6.26. The van der Waals surface area contributed by atoms with Gasteiger partial charge in [-0.2, -0.15) is 0 Å². The second-order valence-corrected chi connectivity index (χ2v) is 11.1. The van der Waals surface area contributed by atoms with Crippen LogP contribution in [0.1, 0.15) is 78.2 Å². The van der Waals surface area contributed by atoms with Crippen LogP contribution in [0.5, 0.6) is 0 Å². The Balaban J connectivity index is 2.61. The van der Waals surface area contributed by atoms with Crippen molar-refractivity contribution in [3.8, 4) is 0 Å². The van der Waals surface area contributed by atoms with Gasteiger partial charge < -0.3 is 23.8 Å². The zero-order chi connectivity index (χ0) is 28.1. The monoisotopic (exact) mass is 552 g/mol. The van der Waals surface area contributed by atoms with Crippen LogP contribution >= 0.6 is 7.60 Å². The predicted molar refractivity (Wildman–Crippen MR) is 146 cm³/mol. The molecule has 212 valence electrons. The van der Waals surface area contributed by atoms with Crippen molar-refractivity contribution in [3.63, 3.8) is 0 Å². The van der Waals surface area contributed by atoms with E-state index in [2.05, 4.69) is 5.32 Å². The molecule has 1 aromatic rings. The summed E-state index contributed by atoms with van der Waals surface area (Å²) < 4.78 is 37.3. The fourth-order valence-electron chi connectivity index (χ4n) is 4.11. The van der Waals surface area contributed by atoms with Gasteiger partial charge in [0.1, 0.15) is 6.61 Å². The minimum Gasteiger partial charge on any atom is -0.460 e. The minimum absolute atomic E-state index is 0.0347. The molecule has 1 N–H and O–H groups in total. The Hall–Kier alpha value is -2.52. The summed E-state index contributed by atoms with van der Waals surface area (Å²) in [6, 6.07) is 5.97. The summed E-state index contributed by atoms with van der Waals surface area (Å²) >= 11 is 0. The maximum Gasteiger partial charge on any atom is 0.360 e. The van der Waals surface area contributed by atoms with Crippen LogP contribution in [0, 0.1) is 10.1 Å². The highest BCUT2D eigenvalue weighted by Gasteiger charge is 2.45. The molecule has 1 aliphatic rings. The number of benzene rings is 1. The summed E-state index contributed by atoms with van der Waals surface area (Å²) in [4.78, 5) is 24.5. The molecule has 11 heteroatoms. The molecule has 0 spiro atoms. The first kappa shape index (κ1) is 31.7. The minimum atomic E-state index is -3.93. The van der Waals surface area contributed by atoms with Crippen LogP contribution in [0.15, 0.2) is 46.5 Å². The van der Waals surface area contributed by atoms with Crippen LogP contribution in [0.2, 0.25) is 0 Å². The van der Waals surface area contributed by atoms with E-state index in [1.165, 1.54) is 12.1 Å². The Morgan fingerprint density at radius 1 is 0.974 bits per heavy atom. The molecule has 38 heavy (non-hydrogen) atoms. The highest BCUT2D eigenvalue weighted by molar-refractivity contribution is 7.58. The molecular formula is C27H41N2O8P. The quantitative estimate of drug-likeness (QED) is 0.0749. The number of hydrogen-bond donors (Lipinski definition) is 1. The topological polar surface area (TPSA) is 126 Å². The molecule has 0 amide bonds. The highest BCUT2D eigenvalue weighted by atomic mass is 31.2. The van der Waals surface area contributed by atoms with Crippen LogP contribution in [0.25, 0.3) is 0 Å². The lowest BCUT2D eigenvalue weighted by atomic mass is 9.86. The number of non-ortho nitro benzene ring substituents is 1. The van der Waals surface area contributed by atoms with E-state index >= 15 is 0 Å². The molecule has 0 fully saturated rings. The predicted octanol–water partition coefficient (Wildman–Crippen LogP) is 6.58. The number of nitrogens with one attached hydrogen (secondary N) is 1. The molecule has 10 nitrogen and oxygen atoms in total. The van der Waals surface area contributed by atoms with Crippen LogP contribution < -0.4 is 5.32 Å². The summed E-state index contributed by atoms with van der Waals surface area (Å²) in [7, 11) is -3.93. The highest BCUT2D eigenvalue weighted by Crippen LogP contribution is 2.64. The number of carbonyl (C=O) groups excluding carboxylic acids is 1. The molecule has 1 aliphatic heterocycles. The summed E-state index contributed by atoms with van der Waals surface area (Å²) in [5, 5.41) is 15.0. The number of unbranched alkanes of at least 4 members (excludes halogenated alkanes) is 2. The molecule has 0 radical (unpaired) electrons. The van der Waals surface area contributed by atoms with Crippen molar-refractivity contribution in [2.45, 2.75) is 72.6 Å². The van der Waals surface area contributed by atoms with Gasteiger partial charge in [0.2, 0.25) is 0 Å². The lowest BCUT2D eigenvalue weighted by Crippen LogP contribution is -2.30. The summed E-state index contributed by atoms with van der Waals surface area (Å²) in [5.74, 6) is -1.57. The van der Waals surface area contributed by atoms with Crippen molar-refractivity contribution in [2.75, 3.05) is 33.0 Å². The number of rotatable bonds is 17. The van der Waals surface area contributed by atoms with Crippen LogP contribution in [0.3, 0.4) is 0 Å². The van der Waals surface area contributed by atoms with Crippen LogP contribution in [-0.2, 0) is 27.9 Å². The van der Waals surface area contributed by atoms with Gasteiger partial charge in [0.25, 0.3) is 5.69 Å². The third-order valence-corrected chi connectivity index (χ3v) is 8.21. The molecule has 0 aliphatic carbocycles. The molecule has 0 aromatic heterocycles. The molecule has 1 aromatic carbocycles. The van der Waals surface area contributed by atoms with E-state index in [0.717, 1.165) is 19.3 Å². The molecule has 0 saturated heterocycles. The van der Waals surface area contributed by atoms with Gasteiger partial charge >= 0.3 is 13.6 Å². The van der Waals surface area contributed by atoms with Gasteiger partial charge in [-0.05, 0) is 38.7 Å². The standard InChI is InChI=1S/C27H41N2O8P/c1-6-9-15-36-38(33,37-16-10-7-2)26-21(5)28-20(4)24(27(30)35-18-17-34-14-8-3)25(26)22-12-11-13-23(19-22)29(31)32/h11-13,19,25,28H,6-10,14-18H2,1-5H3. The molecular weight excluding hydrogens is 511 g/mol. The van der Waals surface area contributed by atoms with Crippen molar-refractivity contribution in [1.82, 2.24) is 5.32 Å². The third-order valence-electron chi connectivity index (χ3n) is 5.98. The van der Waals surface area contributed by atoms with Gasteiger partial charge in [0.15, 0.2) is 0 Å². The average molecular weight is 553 g/mol. The first-order chi connectivity index (χ1) is 18.2. The summed E-state index contributed by atoms with van der Waals surface area (Å²) in [5.41, 5.74) is 1.47.